The monoisotopic (exact) mass is 1080 g/mol. The van der Waals surface area contributed by atoms with Crippen molar-refractivity contribution >= 4 is 41.2 Å². The number of aromatic nitrogens is 4. The number of carboxylic acids is 2. The molecule has 0 saturated heterocycles. The first-order valence-corrected chi connectivity index (χ1v) is 26.5. The summed E-state index contributed by atoms with van der Waals surface area (Å²) in [6.07, 6.45) is 3.42. The molecule has 0 aliphatic rings. The van der Waals surface area contributed by atoms with E-state index in [0.29, 0.717) is 25.1 Å². The number of ether oxygens (including phenoxy) is 2. The van der Waals surface area contributed by atoms with Gasteiger partial charge in [0, 0.05) is 35.1 Å². The maximum absolute atomic E-state index is 11.8. The summed E-state index contributed by atoms with van der Waals surface area (Å²) in [5.41, 5.74) is 8.06. The van der Waals surface area contributed by atoms with E-state index in [9.17, 15) is 33.6 Å². The third-order valence-corrected chi connectivity index (χ3v) is 12.4. The number of esters is 2. The van der Waals surface area contributed by atoms with Gasteiger partial charge >= 0.3 is 23.9 Å². The van der Waals surface area contributed by atoms with E-state index in [2.05, 4.69) is 68.5 Å². The largest absolute Gasteiger partial charge is 0.481 e. The van der Waals surface area contributed by atoms with Gasteiger partial charge in [-0.25, -0.2) is 14.4 Å². The number of nitrogens with zero attached hydrogens (tertiary/aromatic N) is 2. The number of aromatic carboxylic acids is 1. The zero-order valence-electron chi connectivity index (χ0n) is 46.6. The van der Waals surface area contributed by atoms with Crippen LogP contribution in [0, 0.1) is 17.8 Å². The van der Waals surface area contributed by atoms with Crippen molar-refractivity contribution in [2.24, 2.45) is 17.8 Å². The third kappa shape index (κ3) is 25.4. The Morgan fingerprint density at radius 2 is 0.810 bits per heavy atom. The minimum atomic E-state index is -1.00. The van der Waals surface area contributed by atoms with Gasteiger partial charge in [-0.15, -0.1) is 0 Å². The molecule has 5 atom stereocenters. The van der Waals surface area contributed by atoms with Crippen molar-refractivity contribution in [1.82, 2.24) is 20.4 Å². The first kappa shape index (κ1) is 64.7. The summed E-state index contributed by atoms with van der Waals surface area (Å²) in [7, 11) is 0. The Balaban J connectivity index is 0.000000263. The molecule has 0 amide bonds. The van der Waals surface area contributed by atoms with Crippen LogP contribution in [0.4, 0.5) is 0 Å². The molecule has 15 heteroatoms. The average molecular weight is 1080 g/mol. The number of nitrogens with one attached hydrogen (secondary N) is 2. The van der Waals surface area contributed by atoms with Crippen LogP contribution >= 0.6 is 0 Å². The van der Waals surface area contributed by atoms with E-state index < -0.39 is 23.7 Å². The lowest BCUT2D eigenvalue weighted by atomic mass is 9.94. The van der Waals surface area contributed by atoms with Crippen LogP contribution in [-0.4, -0.2) is 85.0 Å². The molecule has 2 heterocycles. The second-order valence-corrected chi connectivity index (χ2v) is 19.1. The molecule has 0 spiro atoms. The van der Waals surface area contributed by atoms with Crippen LogP contribution in [0.25, 0.3) is 0 Å². The number of benzene rings is 5. The van der Waals surface area contributed by atoms with Gasteiger partial charge < -0.3 is 19.7 Å². The highest BCUT2D eigenvalue weighted by molar-refractivity contribution is 6.37. The summed E-state index contributed by atoms with van der Waals surface area (Å²) in [4.78, 5) is 78.1. The van der Waals surface area contributed by atoms with Gasteiger partial charge in [-0.05, 0) is 92.8 Å². The van der Waals surface area contributed by atoms with Gasteiger partial charge in [-0.2, -0.15) is 10.2 Å². The maximum Gasteiger partial charge on any atom is 0.375 e. The standard InChI is InChI=1S/C15H18N2O2.C15H18O4.C13H14N2O2.C11H14O.C10H12O2/c1-3-19-15(18)14-10-13(16-17-14)11(2)9-12-7-5-4-6-8-12;1-3-19-15(18)14(17)10-13(16)11(2)9-12-7-5-4-6-8-12;1-9(7-10-5-3-2-4-6-10)11-8-12(13(16)17)15-14-11;1-9(10(2)12)8-11-6-4-3-5-7-11;1-8(10(11)12)7-9-5-3-2-4-6-9/h4-8,10-11H,3,9H2,1-2H3,(H,16,17);4-8,11H,3,9-10H2,1-2H3;2-6,8-9H,7H2,1H3,(H,14,15)(H,16,17);3-7,9H,8H2,1-2H3;2-6,8H,7H2,1H3,(H,11,12). The zero-order chi connectivity index (χ0) is 58.1. The van der Waals surface area contributed by atoms with Crippen LogP contribution in [0.2, 0.25) is 0 Å². The number of carbonyl (C=O) groups is 7. The lowest BCUT2D eigenvalue weighted by Gasteiger charge is -2.09. The lowest BCUT2D eigenvalue weighted by Crippen LogP contribution is -2.24. The van der Waals surface area contributed by atoms with E-state index >= 15 is 0 Å². The number of Topliss-reactive ketones (excluding diaryl/α,β-unsaturated/α-hetero) is 3. The fraction of sp³-hybridized carbons (Fsp3) is 0.328. The number of hydrogen-bond donors (Lipinski definition) is 4. The highest BCUT2D eigenvalue weighted by atomic mass is 16.5. The Labute approximate surface area is 464 Å². The molecule has 7 rings (SSSR count). The molecule has 0 radical (unpaired) electrons. The average Bonchev–Trinajstić information content (AvgIpc) is 4.17. The number of H-pyrrole nitrogens is 2. The molecule has 418 valence electrons. The van der Waals surface area contributed by atoms with E-state index in [4.69, 9.17) is 14.9 Å². The fourth-order valence-electron chi connectivity index (χ4n) is 7.62. The van der Waals surface area contributed by atoms with Gasteiger partial charge in [-0.1, -0.05) is 186 Å². The van der Waals surface area contributed by atoms with Gasteiger partial charge in [0.15, 0.2) is 11.4 Å². The van der Waals surface area contributed by atoms with Gasteiger partial charge in [0.05, 0.1) is 25.6 Å². The van der Waals surface area contributed by atoms with Gasteiger partial charge in [0.25, 0.3) is 0 Å². The molecule has 0 saturated carbocycles. The Morgan fingerprint density at radius 3 is 1.15 bits per heavy atom. The van der Waals surface area contributed by atoms with Crippen molar-refractivity contribution in [2.45, 2.75) is 106 Å². The summed E-state index contributed by atoms with van der Waals surface area (Å²) >= 11 is 0. The Bertz CT molecular complexity index is 2850. The molecule has 5 unspecified atom stereocenters. The molecule has 0 aliphatic carbocycles. The minimum absolute atomic E-state index is 0.0694. The summed E-state index contributed by atoms with van der Waals surface area (Å²) in [5, 5.41) is 30.9. The molecule has 0 bridgehead atoms. The number of hydrogen-bond acceptors (Lipinski definition) is 11. The predicted octanol–water partition coefficient (Wildman–Crippen LogP) is 11.7. The van der Waals surface area contributed by atoms with E-state index in [1.165, 1.54) is 16.7 Å². The number of carboxylic acid groups (broad SMARTS) is 2. The molecule has 7 aromatic rings. The molecule has 2 aromatic heterocycles. The Hall–Kier alpha value is -8.59. The SMILES string of the molecule is CC(=O)C(C)Cc1ccccc1.CC(Cc1ccccc1)C(=O)O.CC(Cc1ccccc1)c1cc(C(=O)O)n[nH]1.CCOC(=O)C(=O)CC(=O)C(C)Cc1ccccc1.CCOC(=O)c1cc(C(C)Cc2ccccc2)[nH]n1. The Morgan fingerprint density at radius 1 is 0.468 bits per heavy atom. The molecular weight excluding hydrogens is 1000 g/mol. The summed E-state index contributed by atoms with van der Waals surface area (Å²) in [6.45, 7) is 15.1. The van der Waals surface area contributed by atoms with Crippen LogP contribution in [0.5, 0.6) is 0 Å². The number of rotatable bonds is 22. The normalized spacial score (nSPS) is 12.2. The molecule has 0 fully saturated rings. The number of carbonyl (C=O) groups excluding carboxylic acids is 5. The molecule has 5 aromatic carbocycles. The smallest absolute Gasteiger partial charge is 0.375 e. The van der Waals surface area contributed by atoms with Gasteiger partial charge in [0.2, 0.25) is 5.78 Å². The van der Waals surface area contributed by atoms with E-state index in [1.54, 1.807) is 46.8 Å². The number of aromatic amines is 2. The predicted molar refractivity (Wildman–Crippen MR) is 305 cm³/mol. The quantitative estimate of drug-likeness (QED) is 0.0281. The van der Waals surface area contributed by atoms with Crippen molar-refractivity contribution in [1.29, 1.82) is 0 Å². The molecule has 0 aliphatic heterocycles. The van der Waals surface area contributed by atoms with Crippen molar-refractivity contribution < 1.29 is 53.2 Å². The summed E-state index contributed by atoms with van der Waals surface area (Å²) < 4.78 is 9.48. The topological polar surface area (TPSA) is 236 Å². The molecule has 79 heavy (non-hydrogen) atoms. The number of ketones is 3. The summed E-state index contributed by atoms with van der Waals surface area (Å²) in [5.74, 6) is -3.73. The first-order chi connectivity index (χ1) is 37.8. The minimum Gasteiger partial charge on any atom is -0.481 e. The first-order valence-electron chi connectivity index (χ1n) is 26.5. The van der Waals surface area contributed by atoms with Crippen LogP contribution in [0.1, 0.15) is 134 Å². The maximum atomic E-state index is 11.8. The molecular formula is C64H76N4O11. The van der Waals surface area contributed by atoms with E-state index in [0.717, 1.165) is 41.8 Å². The zero-order valence-corrected chi connectivity index (χ0v) is 46.6. The van der Waals surface area contributed by atoms with Crippen LogP contribution in [0.15, 0.2) is 164 Å². The van der Waals surface area contributed by atoms with Crippen LogP contribution in [-0.2, 0) is 65.6 Å². The highest BCUT2D eigenvalue weighted by Gasteiger charge is 2.23. The van der Waals surface area contributed by atoms with Crippen LogP contribution < -0.4 is 0 Å². The lowest BCUT2D eigenvalue weighted by molar-refractivity contribution is -0.154. The summed E-state index contributed by atoms with van der Waals surface area (Å²) in [6, 6.07) is 53.0. The van der Waals surface area contributed by atoms with Crippen molar-refractivity contribution in [2.75, 3.05) is 13.2 Å². The van der Waals surface area contributed by atoms with Crippen molar-refractivity contribution in [3.8, 4) is 0 Å². The van der Waals surface area contributed by atoms with E-state index in [1.807, 2.05) is 129 Å². The van der Waals surface area contributed by atoms with Crippen LogP contribution in [0.3, 0.4) is 0 Å². The Kier molecular flexibility index (Phi) is 29.2. The fourth-order valence-corrected chi connectivity index (χ4v) is 7.62. The molecule has 4 N–H and O–H groups in total. The number of aliphatic carboxylic acids is 1. The third-order valence-electron chi connectivity index (χ3n) is 12.4. The van der Waals surface area contributed by atoms with Gasteiger partial charge in [0.1, 0.15) is 11.6 Å². The second kappa shape index (κ2) is 35.7. The van der Waals surface area contributed by atoms with Crippen molar-refractivity contribution in [3.63, 3.8) is 0 Å². The second-order valence-electron chi connectivity index (χ2n) is 19.1. The van der Waals surface area contributed by atoms with E-state index in [-0.39, 0.29) is 65.8 Å². The van der Waals surface area contributed by atoms with Crippen molar-refractivity contribution in [3.05, 3.63) is 214 Å². The molecule has 15 nitrogen and oxygen atoms in total. The highest BCUT2D eigenvalue weighted by Crippen LogP contribution is 2.21. The van der Waals surface area contributed by atoms with Gasteiger partial charge in [-0.3, -0.25) is 29.4 Å².